The highest BCUT2D eigenvalue weighted by molar-refractivity contribution is 7.17. The van der Waals surface area contributed by atoms with E-state index < -0.39 is 10.9 Å². The highest BCUT2D eigenvalue weighted by atomic mass is 32.1. The third kappa shape index (κ3) is 3.18. The number of nitro groups is 1. The first-order valence-corrected chi connectivity index (χ1v) is 6.32. The van der Waals surface area contributed by atoms with Crippen molar-refractivity contribution in [3.8, 4) is 6.07 Å². The predicted molar refractivity (Wildman–Crippen MR) is 71.2 cm³/mol. The minimum absolute atomic E-state index is 0.0139. The number of hydrogen-bond acceptors (Lipinski definition) is 6. The van der Waals surface area contributed by atoms with Crippen molar-refractivity contribution in [3.63, 3.8) is 0 Å². The van der Waals surface area contributed by atoms with Crippen molar-refractivity contribution in [2.45, 2.75) is 6.61 Å². The van der Waals surface area contributed by atoms with Crippen LogP contribution >= 0.6 is 11.3 Å². The van der Waals surface area contributed by atoms with E-state index in [0.29, 0.717) is 11.1 Å². The molecule has 6 nitrogen and oxygen atoms in total. The van der Waals surface area contributed by atoms with Crippen LogP contribution in [0.3, 0.4) is 0 Å². The maximum atomic E-state index is 11.7. The minimum atomic E-state index is -0.620. The van der Waals surface area contributed by atoms with Crippen LogP contribution < -0.4 is 0 Å². The average molecular weight is 288 g/mol. The van der Waals surface area contributed by atoms with Gasteiger partial charge in [0.05, 0.1) is 16.6 Å². The Labute approximate surface area is 118 Å². The smallest absolute Gasteiger partial charge is 0.348 e. The molecule has 0 spiro atoms. The molecular weight excluding hydrogens is 280 g/mol. The minimum Gasteiger partial charge on any atom is -0.457 e. The molecule has 0 unspecified atom stereocenters. The number of thiophene rings is 1. The van der Waals surface area contributed by atoms with Gasteiger partial charge in [-0.05, 0) is 23.8 Å². The summed E-state index contributed by atoms with van der Waals surface area (Å²) >= 11 is 0.766. The Kier molecular flexibility index (Phi) is 4.08. The Bertz CT molecular complexity index is 702. The van der Waals surface area contributed by atoms with E-state index >= 15 is 0 Å². The van der Waals surface area contributed by atoms with E-state index in [9.17, 15) is 14.9 Å². The molecule has 0 aliphatic heterocycles. The summed E-state index contributed by atoms with van der Waals surface area (Å²) in [6.45, 7) is 0.0139. The van der Waals surface area contributed by atoms with Crippen LogP contribution in [0.1, 0.15) is 20.8 Å². The molecular formula is C13H8N2O4S. The second kappa shape index (κ2) is 5.95. The van der Waals surface area contributed by atoms with Gasteiger partial charge in [-0.1, -0.05) is 23.5 Å². The molecule has 0 amide bonds. The molecule has 7 heteroatoms. The quantitative estimate of drug-likeness (QED) is 0.490. The van der Waals surface area contributed by atoms with Crippen molar-refractivity contribution < 1.29 is 14.5 Å². The summed E-state index contributed by atoms with van der Waals surface area (Å²) in [6.07, 6.45) is 0. The van der Waals surface area contributed by atoms with Crippen LogP contribution in [0, 0.1) is 21.4 Å². The van der Waals surface area contributed by atoms with E-state index in [2.05, 4.69) is 0 Å². The lowest BCUT2D eigenvalue weighted by Crippen LogP contribution is -2.03. The summed E-state index contributed by atoms with van der Waals surface area (Å²) in [4.78, 5) is 21.8. The lowest BCUT2D eigenvalue weighted by Gasteiger charge is -2.03. The molecule has 1 aromatic heterocycles. The zero-order chi connectivity index (χ0) is 14.5. The van der Waals surface area contributed by atoms with Crippen LogP contribution in [0.15, 0.2) is 36.4 Å². The van der Waals surface area contributed by atoms with Gasteiger partial charge < -0.3 is 4.74 Å². The normalized spacial score (nSPS) is 9.75. The van der Waals surface area contributed by atoms with Crippen molar-refractivity contribution in [2.75, 3.05) is 0 Å². The summed E-state index contributed by atoms with van der Waals surface area (Å²) in [5.41, 5.74) is 1.16. The molecule has 0 radical (unpaired) electrons. The van der Waals surface area contributed by atoms with E-state index in [4.69, 9.17) is 10.00 Å². The topological polar surface area (TPSA) is 93.2 Å². The van der Waals surface area contributed by atoms with Gasteiger partial charge in [0.25, 0.3) is 0 Å². The van der Waals surface area contributed by atoms with Gasteiger partial charge in [-0.25, -0.2) is 4.79 Å². The highest BCUT2D eigenvalue weighted by Gasteiger charge is 2.16. The third-order valence-electron chi connectivity index (χ3n) is 2.40. The number of hydrogen-bond donors (Lipinski definition) is 0. The van der Waals surface area contributed by atoms with E-state index in [1.165, 1.54) is 12.1 Å². The predicted octanol–water partition coefficient (Wildman–Crippen LogP) is 2.88. The second-order valence-corrected chi connectivity index (χ2v) is 4.85. The Balaban J connectivity index is 2.01. The Morgan fingerprint density at radius 1 is 1.40 bits per heavy atom. The van der Waals surface area contributed by atoms with Crippen LogP contribution in [-0.4, -0.2) is 10.9 Å². The first-order chi connectivity index (χ1) is 9.60. The number of esters is 1. The summed E-state index contributed by atoms with van der Waals surface area (Å²) in [5.74, 6) is -0.620. The SMILES string of the molecule is N#Cc1cccc(COC(=O)c2ccc([N+](=O)[O-])s2)c1. The van der Waals surface area contributed by atoms with Crippen LogP contribution in [0.25, 0.3) is 0 Å². The fourth-order valence-electron chi connectivity index (χ4n) is 1.49. The van der Waals surface area contributed by atoms with Gasteiger partial charge in [0.1, 0.15) is 11.5 Å². The van der Waals surface area contributed by atoms with Crippen LogP contribution in [0.2, 0.25) is 0 Å². The van der Waals surface area contributed by atoms with Gasteiger partial charge in [-0.15, -0.1) is 0 Å². The molecule has 0 aliphatic carbocycles. The van der Waals surface area contributed by atoms with Gasteiger partial charge >= 0.3 is 11.0 Å². The van der Waals surface area contributed by atoms with Crippen molar-refractivity contribution in [2.24, 2.45) is 0 Å². The van der Waals surface area contributed by atoms with Gasteiger partial charge in [-0.3, -0.25) is 10.1 Å². The zero-order valence-electron chi connectivity index (χ0n) is 10.1. The number of benzene rings is 1. The fraction of sp³-hybridized carbons (Fsp3) is 0.0769. The molecule has 20 heavy (non-hydrogen) atoms. The fourth-order valence-corrected chi connectivity index (χ4v) is 2.20. The maximum Gasteiger partial charge on any atom is 0.348 e. The van der Waals surface area contributed by atoms with Gasteiger partial charge in [0.15, 0.2) is 0 Å². The molecule has 0 saturated carbocycles. The van der Waals surface area contributed by atoms with Gasteiger partial charge in [-0.2, -0.15) is 5.26 Å². The number of rotatable bonds is 4. The van der Waals surface area contributed by atoms with E-state index in [-0.39, 0.29) is 16.5 Å². The summed E-state index contributed by atoms with van der Waals surface area (Å²) in [5, 5.41) is 19.2. The number of carbonyl (C=O) groups is 1. The molecule has 0 atom stereocenters. The third-order valence-corrected chi connectivity index (χ3v) is 3.42. The summed E-state index contributed by atoms with van der Waals surface area (Å²) in [6, 6.07) is 11.3. The van der Waals surface area contributed by atoms with Crippen molar-refractivity contribution in [1.29, 1.82) is 5.26 Å². The molecule has 100 valence electrons. The lowest BCUT2D eigenvalue weighted by molar-refractivity contribution is -0.380. The van der Waals surface area contributed by atoms with Gasteiger partial charge in [0.2, 0.25) is 0 Å². The van der Waals surface area contributed by atoms with E-state index in [0.717, 1.165) is 11.3 Å². The first-order valence-electron chi connectivity index (χ1n) is 5.50. The van der Waals surface area contributed by atoms with E-state index in [1.807, 2.05) is 6.07 Å². The average Bonchev–Trinajstić information content (AvgIpc) is 2.95. The molecule has 2 rings (SSSR count). The summed E-state index contributed by atoms with van der Waals surface area (Å²) in [7, 11) is 0. The maximum absolute atomic E-state index is 11.7. The second-order valence-electron chi connectivity index (χ2n) is 3.78. The van der Waals surface area contributed by atoms with Gasteiger partial charge in [0, 0.05) is 6.07 Å². The van der Waals surface area contributed by atoms with Crippen LogP contribution in [0.4, 0.5) is 5.00 Å². The lowest BCUT2D eigenvalue weighted by atomic mass is 10.1. The highest BCUT2D eigenvalue weighted by Crippen LogP contribution is 2.24. The Morgan fingerprint density at radius 3 is 2.85 bits per heavy atom. The standard InChI is InChI=1S/C13H8N2O4S/c14-7-9-2-1-3-10(6-9)8-19-13(16)11-4-5-12(20-11)15(17)18/h1-6H,8H2. The van der Waals surface area contributed by atoms with Crippen molar-refractivity contribution >= 4 is 22.3 Å². The van der Waals surface area contributed by atoms with Crippen molar-refractivity contribution in [3.05, 3.63) is 62.5 Å². The van der Waals surface area contributed by atoms with Crippen LogP contribution in [-0.2, 0) is 11.3 Å². The number of nitriles is 1. The first kappa shape index (κ1) is 13.7. The van der Waals surface area contributed by atoms with Crippen molar-refractivity contribution in [1.82, 2.24) is 0 Å². The van der Waals surface area contributed by atoms with Crippen LogP contribution in [0.5, 0.6) is 0 Å². The number of carbonyl (C=O) groups excluding carboxylic acids is 1. The van der Waals surface area contributed by atoms with E-state index in [1.54, 1.807) is 24.3 Å². The molecule has 0 aliphatic rings. The summed E-state index contributed by atoms with van der Waals surface area (Å²) < 4.78 is 5.05. The largest absolute Gasteiger partial charge is 0.457 e. The molecule has 0 fully saturated rings. The number of ether oxygens (including phenoxy) is 1. The molecule has 0 bridgehead atoms. The monoisotopic (exact) mass is 288 g/mol. The molecule has 0 saturated heterocycles. The Morgan fingerprint density at radius 2 is 2.20 bits per heavy atom. The molecule has 0 N–H and O–H groups in total. The molecule has 1 aromatic carbocycles. The Hall–Kier alpha value is -2.72. The molecule has 1 heterocycles. The number of nitrogens with zero attached hydrogens (tertiary/aromatic N) is 2. The molecule has 2 aromatic rings. The zero-order valence-corrected chi connectivity index (χ0v) is 10.9.